The lowest BCUT2D eigenvalue weighted by Crippen LogP contribution is -2.36. The summed E-state index contributed by atoms with van der Waals surface area (Å²) in [7, 11) is 1.13. The number of ether oxygens (including phenoxy) is 1. The fourth-order valence-corrected chi connectivity index (χ4v) is 4.05. The minimum Gasteiger partial charge on any atom is -0.624 e. The molecule has 1 aliphatic rings. The molecule has 0 radical (unpaired) electrons. The number of hydrogen-bond acceptors (Lipinski definition) is 5. The van der Waals surface area contributed by atoms with E-state index in [1.165, 1.54) is 12.1 Å². The largest absolute Gasteiger partial charge is 0.624 e. The van der Waals surface area contributed by atoms with Crippen molar-refractivity contribution in [3.05, 3.63) is 76.5 Å². The summed E-state index contributed by atoms with van der Waals surface area (Å²) >= 11 is 0. The molecule has 2 heterocycles. The molecular formula is C26H27F3N4O2. The molecule has 184 valence electrons. The Morgan fingerprint density at radius 3 is 2.23 bits per heavy atom. The zero-order valence-corrected chi connectivity index (χ0v) is 19.7. The number of rotatable bonds is 7. The number of aromatic nitrogens is 2. The first-order valence-corrected chi connectivity index (χ1v) is 11.6. The third kappa shape index (κ3) is 5.90. The van der Waals surface area contributed by atoms with Crippen LogP contribution in [0.15, 0.2) is 42.7 Å². The van der Waals surface area contributed by atoms with Gasteiger partial charge in [0.15, 0.2) is 17.8 Å². The van der Waals surface area contributed by atoms with E-state index in [9.17, 15) is 18.4 Å². The maximum absolute atomic E-state index is 14.7. The second-order valence-electron chi connectivity index (χ2n) is 8.66. The van der Waals surface area contributed by atoms with Crippen LogP contribution in [0.5, 0.6) is 5.75 Å². The van der Waals surface area contributed by atoms with Gasteiger partial charge >= 0.3 is 0 Å². The molecule has 35 heavy (non-hydrogen) atoms. The molecule has 0 amide bonds. The Morgan fingerprint density at radius 2 is 1.66 bits per heavy atom. The third-order valence-electron chi connectivity index (χ3n) is 6.13. The first-order chi connectivity index (χ1) is 16.8. The molecule has 1 saturated heterocycles. The Balaban J connectivity index is 1.35. The van der Waals surface area contributed by atoms with Crippen LogP contribution in [0, 0.1) is 28.6 Å². The van der Waals surface area contributed by atoms with Crippen molar-refractivity contribution >= 4 is 12.2 Å². The van der Waals surface area contributed by atoms with E-state index in [2.05, 4.69) is 21.8 Å². The molecule has 1 aromatic heterocycles. The number of nitrogens with zero attached hydrogens (tertiary/aromatic N) is 4. The van der Waals surface area contributed by atoms with Crippen molar-refractivity contribution in [1.82, 2.24) is 9.97 Å². The van der Waals surface area contributed by atoms with E-state index in [4.69, 9.17) is 4.74 Å². The fourth-order valence-electron chi connectivity index (χ4n) is 4.05. The average molecular weight is 485 g/mol. The second-order valence-corrected chi connectivity index (χ2v) is 8.66. The lowest BCUT2D eigenvalue weighted by atomic mass is 9.98. The van der Waals surface area contributed by atoms with Gasteiger partial charge in [0.25, 0.3) is 0 Å². The molecule has 2 aromatic carbocycles. The highest BCUT2D eigenvalue weighted by atomic mass is 19.1. The molecule has 4 rings (SSSR count). The number of hydrogen-bond donors (Lipinski definition) is 0. The van der Waals surface area contributed by atoms with Crippen molar-refractivity contribution in [3.63, 3.8) is 0 Å². The number of hydroxylamine groups is 1. The highest BCUT2D eigenvalue weighted by Crippen LogP contribution is 2.29. The minimum atomic E-state index is -0.901. The highest BCUT2D eigenvalue weighted by Gasteiger charge is 2.22. The number of halogens is 3. The Bertz CT molecular complexity index is 1180. The monoisotopic (exact) mass is 484 g/mol. The summed E-state index contributed by atoms with van der Waals surface area (Å²) in [5.74, 6) is -1.33. The van der Waals surface area contributed by atoms with Gasteiger partial charge in [-0.05, 0) is 66.1 Å². The zero-order chi connectivity index (χ0) is 24.9. The predicted octanol–water partition coefficient (Wildman–Crippen LogP) is 4.98. The highest BCUT2D eigenvalue weighted by molar-refractivity contribution is 5.79. The van der Waals surface area contributed by atoms with Gasteiger partial charge in [-0.1, -0.05) is 13.0 Å². The van der Waals surface area contributed by atoms with Crippen molar-refractivity contribution in [2.45, 2.75) is 26.2 Å². The molecule has 0 N–H and O–H groups in total. The number of aryl methyl sites for hydroxylation is 1. The standard InChI is InChI=1S/C26H27F3N4O2/c1-3-17-13-30-26(31-14-17)33-8-6-18(7-9-33)16-35-25-5-4-19(10-24(25)29)20-11-22(27)21(15-32(2)34)23(28)12-20/h4-5,10-15,18H,3,6-9,16H2,1-2H3/b32-15-. The summed E-state index contributed by atoms with van der Waals surface area (Å²) < 4.78 is 49.3. The number of anilines is 1. The van der Waals surface area contributed by atoms with Gasteiger partial charge in [-0.3, -0.25) is 0 Å². The molecule has 0 unspecified atom stereocenters. The van der Waals surface area contributed by atoms with Crippen molar-refractivity contribution in [1.29, 1.82) is 0 Å². The SMILES string of the molecule is CCc1cnc(N2CCC(COc3ccc(-c4cc(F)c(/C=[N+](/C)[O-])c(F)c4)cc3F)CC2)nc1. The van der Waals surface area contributed by atoms with E-state index in [1.54, 1.807) is 6.07 Å². The Kier molecular flexibility index (Phi) is 7.53. The van der Waals surface area contributed by atoms with E-state index in [0.29, 0.717) is 16.9 Å². The molecule has 1 aliphatic heterocycles. The van der Waals surface area contributed by atoms with Crippen LogP contribution in [-0.2, 0) is 6.42 Å². The van der Waals surface area contributed by atoms with Crippen LogP contribution in [0.2, 0.25) is 0 Å². The summed E-state index contributed by atoms with van der Waals surface area (Å²) in [6.45, 7) is 4.03. The van der Waals surface area contributed by atoms with Crippen LogP contribution >= 0.6 is 0 Å². The first kappa shape index (κ1) is 24.5. The zero-order valence-electron chi connectivity index (χ0n) is 19.7. The molecule has 0 atom stereocenters. The van der Waals surface area contributed by atoms with Gasteiger partial charge in [0, 0.05) is 25.5 Å². The molecule has 3 aromatic rings. The van der Waals surface area contributed by atoms with Gasteiger partial charge in [-0.15, -0.1) is 0 Å². The van der Waals surface area contributed by atoms with Gasteiger partial charge in [-0.25, -0.2) is 27.9 Å². The van der Waals surface area contributed by atoms with Gasteiger partial charge in [0.1, 0.15) is 24.2 Å². The van der Waals surface area contributed by atoms with Crippen LogP contribution in [-0.4, -0.2) is 47.7 Å². The van der Waals surface area contributed by atoms with Crippen molar-refractivity contribution < 1.29 is 22.6 Å². The number of benzene rings is 2. The molecular weight excluding hydrogens is 457 g/mol. The fraction of sp³-hybridized carbons (Fsp3) is 0.346. The normalized spacial score (nSPS) is 14.9. The quantitative estimate of drug-likeness (QED) is 0.205. The van der Waals surface area contributed by atoms with E-state index in [-0.39, 0.29) is 17.2 Å². The topological polar surface area (TPSA) is 64.3 Å². The maximum atomic E-state index is 14.7. The van der Waals surface area contributed by atoms with Crippen LogP contribution in [0.3, 0.4) is 0 Å². The second kappa shape index (κ2) is 10.8. The summed E-state index contributed by atoms with van der Waals surface area (Å²) in [4.78, 5) is 11.0. The summed E-state index contributed by atoms with van der Waals surface area (Å²) in [6.07, 6.45) is 7.16. The Labute approximate surface area is 202 Å². The Hall–Kier alpha value is -3.62. The third-order valence-corrected chi connectivity index (χ3v) is 6.13. The molecule has 9 heteroatoms. The molecule has 1 fully saturated rings. The van der Waals surface area contributed by atoms with Crippen LogP contribution in [0.1, 0.15) is 30.9 Å². The van der Waals surface area contributed by atoms with Crippen LogP contribution < -0.4 is 9.64 Å². The van der Waals surface area contributed by atoms with Gasteiger partial charge in [-0.2, -0.15) is 0 Å². The van der Waals surface area contributed by atoms with Gasteiger partial charge in [0.05, 0.1) is 6.61 Å². The molecule has 0 saturated carbocycles. The molecule has 0 bridgehead atoms. The summed E-state index contributed by atoms with van der Waals surface area (Å²) in [5.41, 5.74) is 1.13. The average Bonchev–Trinajstić information content (AvgIpc) is 2.85. The van der Waals surface area contributed by atoms with E-state index >= 15 is 0 Å². The van der Waals surface area contributed by atoms with E-state index in [0.717, 1.165) is 69.3 Å². The van der Waals surface area contributed by atoms with Gasteiger partial charge in [0.2, 0.25) is 5.95 Å². The maximum Gasteiger partial charge on any atom is 0.225 e. The first-order valence-electron chi connectivity index (χ1n) is 11.6. The van der Waals surface area contributed by atoms with Crippen LogP contribution in [0.4, 0.5) is 19.1 Å². The van der Waals surface area contributed by atoms with E-state index < -0.39 is 23.0 Å². The summed E-state index contributed by atoms with van der Waals surface area (Å²) in [5, 5.41) is 11.1. The number of piperidine rings is 1. The molecule has 0 spiro atoms. The van der Waals surface area contributed by atoms with Crippen molar-refractivity contribution in [3.8, 4) is 16.9 Å². The van der Waals surface area contributed by atoms with Crippen molar-refractivity contribution in [2.24, 2.45) is 5.92 Å². The lowest BCUT2D eigenvalue weighted by Gasteiger charge is -2.31. The smallest absolute Gasteiger partial charge is 0.225 e. The Morgan fingerprint density at radius 1 is 1.03 bits per heavy atom. The molecule has 0 aliphatic carbocycles. The van der Waals surface area contributed by atoms with Crippen molar-refractivity contribution in [2.75, 3.05) is 31.6 Å². The minimum absolute atomic E-state index is 0.0912. The van der Waals surface area contributed by atoms with Crippen LogP contribution in [0.25, 0.3) is 11.1 Å². The van der Waals surface area contributed by atoms with E-state index in [1.807, 2.05) is 12.4 Å². The predicted molar refractivity (Wildman–Crippen MR) is 128 cm³/mol. The lowest BCUT2D eigenvalue weighted by molar-refractivity contribution is -0.416. The summed E-state index contributed by atoms with van der Waals surface area (Å²) in [6, 6.07) is 6.34. The molecule has 6 nitrogen and oxygen atoms in total. The van der Waals surface area contributed by atoms with Gasteiger partial charge < -0.3 is 14.8 Å².